The van der Waals surface area contributed by atoms with Gasteiger partial charge in [-0.15, -0.1) is 0 Å². The normalized spacial score (nSPS) is 32.1. The van der Waals surface area contributed by atoms with Crippen molar-refractivity contribution in [3.05, 3.63) is 29.4 Å². The Bertz CT molecular complexity index is 1410. The molecule has 2 aromatic rings. The maximum Gasteiger partial charge on any atom is 0.295 e. The predicted octanol–water partition coefficient (Wildman–Crippen LogP) is 1.77. The molecule has 1 amide bonds. The molecule has 0 spiro atoms. The Morgan fingerprint density at radius 1 is 1.16 bits per heavy atom. The first-order valence-electron chi connectivity index (χ1n) is 13.4. The molecule has 0 aromatic carbocycles. The van der Waals surface area contributed by atoms with Crippen molar-refractivity contribution in [1.82, 2.24) is 24.3 Å². The third-order valence-corrected chi connectivity index (χ3v) is 10.5. The van der Waals surface area contributed by atoms with Crippen molar-refractivity contribution in [2.24, 2.45) is 17.8 Å². The summed E-state index contributed by atoms with van der Waals surface area (Å²) in [5.41, 5.74) is 3.05. The second-order valence-corrected chi connectivity index (χ2v) is 13.7. The van der Waals surface area contributed by atoms with Crippen LogP contribution in [-0.2, 0) is 16.4 Å². The van der Waals surface area contributed by atoms with E-state index in [4.69, 9.17) is 4.52 Å². The Morgan fingerprint density at radius 3 is 2.58 bits per heavy atom. The lowest BCUT2D eigenvalue weighted by Crippen LogP contribution is -2.59. The molecule has 12 heteroatoms. The van der Waals surface area contributed by atoms with Gasteiger partial charge in [-0.25, -0.2) is 8.42 Å². The van der Waals surface area contributed by atoms with E-state index >= 15 is 0 Å². The molecule has 5 aliphatic carbocycles. The summed E-state index contributed by atoms with van der Waals surface area (Å²) in [6, 6.07) is 0.251. The van der Waals surface area contributed by atoms with Crippen LogP contribution in [0.3, 0.4) is 0 Å². The molecular formula is C26H32N6O5S. The molecule has 1 saturated heterocycles. The van der Waals surface area contributed by atoms with Gasteiger partial charge < -0.3 is 19.8 Å². The van der Waals surface area contributed by atoms with Crippen LogP contribution in [-0.4, -0.2) is 87.8 Å². The van der Waals surface area contributed by atoms with Crippen LogP contribution >= 0.6 is 0 Å². The quantitative estimate of drug-likeness (QED) is 0.580. The highest BCUT2D eigenvalue weighted by Crippen LogP contribution is 2.56. The molecule has 4 saturated carbocycles. The van der Waals surface area contributed by atoms with E-state index in [0.29, 0.717) is 23.3 Å². The Morgan fingerprint density at radius 2 is 1.89 bits per heavy atom. The number of aliphatic hydroxyl groups is 1. The highest BCUT2D eigenvalue weighted by Gasteiger charge is 2.55. The number of hydrogen-bond donors (Lipinski definition) is 2. The standard InChI is InChI=1S/C26H32N6O5S/c1-38(35,36)32-7-5-31(6-8-32)25(33)23-29-24(37-30-23)19-14-27-20-4-2-3-18(20)22(19)28-21-16-9-15-10-17(21)13-26(34,11-15)12-16/h2-3,14-17,21,34H,4-13H2,1H3,(H,27,28)/t15?,16-,17+,21?,26?. The summed E-state index contributed by atoms with van der Waals surface area (Å²) < 4.78 is 30.6. The summed E-state index contributed by atoms with van der Waals surface area (Å²) in [4.78, 5) is 23.7. The Kier molecular flexibility index (Phi) is 5.47. The van der Waals surface area contributed by atoms with Crippen molar-refractivity contribution in [3.63, 3.8) is 0 Å². The first kappa shape index (κ1) is 24.2. The number of allylic oxidation sites excluding steroid dienone is 1. The summed E-state index contributed by atoms with van der Waals surface area (Å²) in [5.74, 6) is 1.24. The lowest BCUT2D eigenvalue weighted by molar-refractivity contribution is -0.129. The van der Waals surface area contributed by atoms with Gasteiger partial charge in [0, 0.05) is 50.4 Å². The SMILES string of the molecule is CS(=O)(=O)N1CCN(C(=O)c2noc(-c3cnc4c(c3NC3[C@@H]5CC6C[C@H]3CC(O)(C6)C5)C=CC4)n2)CC1. The molecule has 3 unspecified atom stereocenters. The fourth-order valence-electron chi connectivity index (χ4n) is 7.68. The number of carbonyl (C=O) groups is 1. The highest BCUT2D eigenvalue weighted by molar-refractivity contribution is 7.88. The van der Waals surface area contributed by atoms with E-state index in [1.165, 1.54) is 10.6 Å². The number of pyridine rings is 1. The largest absolute Gasteiger partial charge is 0.390 e. The van der Waals surface area contributed by atoms with Crippen LogP contribution in [0.1, 0.15) is 54.0 Å². The fourth-order valence-corrected chi connectivity index (χ4v) is 8.51. The second kappa shape index (κ2) is 8.59. The van der Waals surface area contributed by atoms with Gasteiger partial charge in [0.2, 0.25) is 10.0 Å². The third-order valence-electron chi connectivity index (χ3n) is 9.19. The molecule has 11 nitrogen and oxygen atoms in total. The summed E-state index contributed by atoms with van der Waals surface area (Å²) in [7, 11) is -3.29. The summed E-state index contributed by atoms with van der Waals surface area (Å²) >= 11 is 0. The van der Waals surface area contributed by atoms with Crippen molar-refractivity contribution in [1.29, 1.82) is 0 Å². The first-order valence-corrected chi connectivity index (χ1v) is 15.3. The average molecular weight is 541 g/mol. The highest BCUT2D eigenvalue weighted by atomic mass is 32.2. The van der Waals surface area contributed by atoms with E-state index in [2.05, 4.69) is 32.6 Å². The summed E-state index contributed by atoms with van der Waals surface area (Å²) in [6.45, 7) is 1.02. The molecule has 2 N–H and O–H groups in total. The van der Waals surface area contributed by atoms with E-state index in [9.17, 15) is 18.3 Å². The van der Waals surface area contributed by atoms with Crippen LogP contribution < -0.4 is 5.32 Å². The summed E-state index contributed by atoms with van der Waals surface area (Å²) in [5, 5.41) is 18.9. The van der Waals surface area contributed by atoms with E-state index < -0.39 is 15.6 Å². The molecule has 2 aromatic heterocycles. The van der Waals surface area contributed by atoms with Crippen LogP contribution in [0.25, 0.3) is 17.5 Å². The van der Waals surface area contributed by atoms with E-state index in [-0.39, 0.29) is 49.8 Å². The fraction of sp³-hybridized carbons (Fsp3) is 0.615. The maximum absolute atomic E-state index is 13.1. The maximum atomic E-state index is 13.1. The van der Waals surface area contributed by atoms with Gasteiger partial charge in [-0.3, -0.25) is 9.78 Å². The number of aromatic nitrogens is 3. The zero-order chi connectivity index (χ0) is 26.2. The predicted molar refractivity (Wildman–Crippen MR) is 139 cm³/mol. The third kappa shape index (κ3) is 4.04. The zero-order valence-electron chi connectivity index (χ0n) is 21.3. The average Bonchev–Trinajstić information content (AvgIpc) is 3.54. The van der Waals surface area contributed by atoms with Gasteiger partial charge in [0.05, 0.1) is 28.8 Å². The number of carbonyl (C=O) groups excluding carboxylic acids is 1. The molecular weight excluding hydrogens is 508 g/mol. The van der Waals surface area contributed by atoms with Crippen LogP contribution in [0.15, 0.2) is 16.8 Å². The van der Waals surface area contributed by atoms with Crippen molar-refractivity contribution in [2.45, 2.75) is 50.2 Å². The molecule has 6 aliphatic rings. The molecule has 38 heavy (non-hydrogen) atoms. The van der Waals surface area contributed by atoms with Gasteiger partial charge in [0.1, 0.15) is 0 Å². The number of fused-ring (bicyclic) bond motifs is 1. The number of sulfonamides is 1. The monoisotopic (exact) mass is 540 g/mol. The van der Waals surface area contributed by atoms with E-state index in [1.54, 1.807) is 11.1 Å². The molecule has 0 radical (unpaired) electrons. The van der Waals surface area contributed by atoms with Crippen LogP contribution in [0, 0.1) is 17.8 Å². The van der Waals surface area contributed by atoms with Gasteiger partial charge in [-0.2, -0.15) is 9.29 Å². The number of nitrogens with zero attached hydrogens (tertiary/aromatic N) is 5. The Labute approximate surface area is 221 Å². The van der Waals surface area contributed by atoms with Crippen molar-refractivity contribution >= 4 is 27.7 Å². The summed E-state index contributed by atoms with van der Waals surface area (Å²) in [6.07, 6.45) is 12.7. The minimum Gasteiger partial charge on any atom is -0.390 e. The smallest absolute Gasteiger partial charge is 0.295 e. The zero-order valence-corrected chi connectivity index (χ0v) is 22.2. The number of rotatable bonds is 5. The van der Waals surface area contributed by atoms with Crippen LogP contribution in [0.5, 0.6) is 0 Å². The van der Waals surface area contributed by atoms with Crippen LogP contribution in [0.4, 0.5) is 5.69 Å². The number of hydrogen-bond acceptors (Lipinski definition) is 9. The van der Waals surface area contributed by atoms with E-state index in [1.807, 2.05) is 0 Å². The number of piperazine rings is 1. The molecule has 202 valence electrons. The first-order chi connectivity index (χ1) is 18.2. The number of nitrogens with one attached hydrogen (secondary N) is 1. The molecule has 5 atom stereocenters. The molecule has 8 rings (SSSR count). The van der Waals surface area contributed by atoms with Gasteiger partial charge in [-0.1, -0.05) is 17.3 Å². The molecule has 3 heterocycles. The van der Waals surface area contributed by atoms with Gasteiger partial charge in [0.25, 0.3) is 17.6 Å². The van der Waals surface area contributed by atoms with Crippen LogP contribution in [0.2, 0.25) is 0 Å². The van der Waals surface area contributed by atoms with Gasteiger partial charge >= 0.3 is 0 Å². The second-order valence-electron chi connectivity index (χ2n) is 11.8. The Balaban J connectivity index is 1.15. The van der Waals surface area contributed by atoms with Crippen molar-refractivity contribution < 1.29 is 22.8 Å². The lowest BCUT2D eigenvalue weighted by Gasteiger charge is -2.58. The lowest BCUT2D eigenvalue weighted by atomic mass is 9.52. The molecule has 1 aliphatic heterocycles. The molecule has 5 fully saturated rings. The minimum absolute atomic E-state index is 0.0494. The number of anilines is 1. The minimum atomic E-state index is -3.29. The topological polar surface area (TPSA) is 142 Å². The van der Waals surface area contributed by atoms with Gasteiger partial charge in [0.15, 0.2) is 0 Å². The van der Waals surface area contributed by atoms with Crippen molar-refractivity contribution in [2.75, 3.05) is 37.8 Å². The Hall–Kier alpha value is -2.83. The van der Waals surface area contributed by atoms with Crippen molar-refractivity contribution in [3.8, 4) is 11.5 Å². The molecule has 4 bridgehead atoms. The van der Waals surface area contributed by atoms with Gasteiger partial charge in [-0.05, 0) is 49.9 Å². The van der Waals surface area contributed by atoms with E-state index in [0.717, 1.165) is 55.5 Å². The number of amides is 1.